The minimum absolute atomic E-state index is 0.172. The summed E-state index contributed by atoms with van der Waals surface area (Å²) in [4.78, 5) is 31.7. The molecule has 0 spiro atoms. The predicted molar refractivity (Wildman–Crippen MR) is 122 cm³/mol. The van der Waals surface area contributed by atoms with Crippen LogP contribution < -0.4 is 19.9 Å². The molecule has 1 aliphatic heterocycles. The van der Waals surface area contributed by atoms with Crippen molar-refractivity contribution in [3.63, 3.8) is 0 Å². The number of amides is 1. The van der Waals surface area contributed by atoms with Crippen LogP contribution in [0.2, 0.25) is 0 Å². The molecule has 2 aromatic carbocycles. The van der Waals surface area contributed by atoms with Crippen molar-refractivity contribution < 1.29 is 14.3 Å². The van der Waals surface area contributed by atoms with E-state index in [9.17, 15) is 9.59 Å². The first-order valence-corrected chi connectivity index (χ1v) is 10.4. The monoisotopic (exact) mass is 440 g/mol. The Morgan fingerprint density at radius 2 is 1.76 bits per heavy atom. The second-order valence-corrected chi connectivity index (χ2v) is 7.44. The molecule has 0 bridgehead atoms. The van der Waals surface area contributed by atoms with Gasteiger partial charge in [0, 0.05) is 17.8 Å². The third kappa shape index (κ3) is 4.45. The number of carbonyl (C=O) groups is 1. The molecule has 0 atom stereocenters. The van der Waals surface area contributed by atoms with Crippen molar-refractivity contribution in [1.29, 1.82) is 0 Å². The van der Waals surface area contributed by atoms with Gasteiger partial charge in [0.2, 0.25) is 12.7 Å². The molecule has 1 amide bonds. The molecule has 0 saturated carbocycles. The average Bonchev–Trinajstić information content (AvgIpc) is 3.33. The highest BCUT2D eigenvalue weighted by Crippen LogP contribution is 2.35. The van der Waals surface area contributed by atoms with Gasteiger partial charge in [0.1, 0.15) is 12.4 Å². The third-order valence-corrected chi connectivity index (χ3v) is 5.23. The van der Waals surface area contributed by atoms with Gasteiger partial charge in [0.15, 0.2) is 11.5 Å². The number of hydrogen-bond acceptors (Lipinski definition) is 6. The fraction of sp³-hybridized carbons (Fsp3) is 0.120. The fourth-order valence-corrected chi connectivity index (χ4v) is 3.56. The molecule has 33 heavy (non-hydrogen) atoms. The summed E-state index contributed by atoms with van der Waals surface area (Å²) in [6.45, 7) is 0.277. The molecular formula is C25H20N4O4. The van der Waals surface area contributed by atoms with Crippen molar-refractivity contribution in [2.24, 2.45) is 0 Å². The quantitative estimate of drug-likeness (QED) is 0.457. The molecule has 5 rings (SSSR count). The van der Waals surface area contributed by atoms with Crippen LogP contribution in [0.15, 0.2) is 89.9 Å². The van der Waals surface area contributed by atoms with Crippen molar-refractivity contribution in [1.82, 2.24) is 14.8 Å². The van der Waals surface area contributed by atoms with Gasteiger partial charge in [0.05, 0.1) is 12.2 Å². The molecular weight excluding hydrogens is 420 g/mol. The zero-order valence-corrected chi connectivity index (χ0v) is 17.6. The minimum Gasteiger partial charge on any atom is -0.454 e. The first-order valence-electron chi connectivity index (χ1n) is 10.4. The number of benzene rings is 2. The van der Waals surface area contributed by atoms with Crippen LogP contribution in [-0.2, 0) is 17.9 Å². The first-order chi connectivity index (χ1) is 16.2. The zero-order chi connectivity index (χ0) is 22.6. The van der Waals surface area contributed by atoms with Gasteiger partial charge in [-0.2, -0.15) is 5.10 Å². The van der Waals surface area contributed by atoms with E-state index in [-0.39, 0.29) is 24.8 Å². The summed E-state index contributed by atoms with van der Waals surface area (Å²) >= 11 is 0. The van der Waals surface area contributed by atoms with Crippen LogP contribution in [0.1, 0.15) is 5.56 Å². The lowest BCUT2D eigenvalue weighted by Crippen LogP contribution is -2.37. The molecule has 0 radical (unpaired) electrons. The van der Waals surface area contributed by atoms with Gasteiger partial charge >= 0.3 is 0 Å². The van der Waals surface area contributed by atoms with Crippen molar-refractivity contribution in [2.75, 3.05) is 11.7 Å². The Kier molecular flexibility index (Phi) is 5.55. The Bertz CT molecular complexity index is 1340. The van der Waals surface area contributed by atoms with Crippen LogP contribution in [-0.4, -0.2) is 27.5 Å². The number of nitrogens with zero attached hydrogens (tertiary/aromatic N) is 4. The summed E-state index contributed by atoms with van der Waals surface area (Å²) in [6.07, 6.45) is 1.63. The van der Waals surface area contributed by atoms with Gasteiger partial charge in [-0.05, 0) is 42.0 Å². The molecule has 0 saturated heterocycles. The van der Waals surface area contributed by atoms with E-state index in [1.807, 2.05) is 42.5 Å². The Labute approximate surface area is 189 Å². The summed E-state index contributed by atoms with van der Waals surface area (Å²) in [5.41, 5.74) is 1.89. The maximum Gasteiger partial charge on any atom is 0.267 e. The second-order valence-electron chi connectivity index (χ2n) is 7.44. The topological polar surface area (TPSA) is 86.6 Å². The molecule has 0 unspecified atom stereocenters. The van der Waals surface area contributed by atoms with Crippen LogP contribution in [0, 0.1) is 0 Å². The van der Waals surface area contributed by atoms with E-state index >= 15 is 0 Å². The van der Waals surface area contributed by atoms with Crippen molar-refractivity contribution in [3.05, 3.63) is 101 Å². The van der Waals surface area contributed by atoms with Gasteiger partial charge in [0.25, 0.3) is 5.56 Å². The summed E-state index contributed by atoms with van der Waals surface area (Å²) in [7, 11) is 0. The molecule has 3 heterocycles. The van der Waals surface area contributed by atoms with E-state index in [1.165, 1.54) is 10.7 Å². The van der Waals surface area contributed by atoms with Crippen LogP contribution in [0.3, 0.4) is 0 Å². The molecule has 8 heteroatoms. The normalized spacial score (nSPS) is 11.9. The van der Waals surface area contributed by atoms with E-state index in [0.717, 1.165) is 11.1 Å². The molecule has 2 aromatic heterocycles. The van der Waals surface area contributed by atoms with Crippen LogP contribution in [0.4, 0.5) is 5.82 Å². The van der Waals surface area contributed by atoms with Crippen LogP contribution in [0.25, 0.3) is 11.3 Å². The highest BCUT2D eigenvalue weighted by molar-refractivity contribution is 5.92. The predicted octanol–water partition coefficient (Wildman–Crippen LogP) is 3.27. The van der Waals surface area contributed by atoms with Gasteiger partial charge in [-0.1, -0.05) is 36.4 Å². The Balaban J connectivity index is 1.43. The maximum absolute atomic E-state index is 13.3. The maximum atomic E-state index is 13.3. The summed E-state index contributed by atoms with van der Waals surface area (Å²) in [6, 6.07) is 23.5. The van der Waals surface area contributed by atoms with E-state index in [2.05, 4.69) is 10.1 Å². The standard InChI is InChI=1S/C25H20N4O4/c30-24-12-10-20(19-9-11-21-22(14-19)33-17-32-21)27-29(24)16-25(31)28(23-8-4-5-13-26-23)15-18-6-2-1-3-7-18/h1-14H,15-17H2. The smallest absolute Gasteiger partial charge is 0.267 e. The second kappa shape index (κ2) is 8.96. The minimum atomic E-state index is -0.367. The molecule has 1 aliphatic rings. The first kappa shape index (κ1) is 20.4. The van der Waals surface area contributed by atoms with Gasteiger partial charge in [-0.25, -0.2) is 9.67 Å². The van der Waals surface area contributed by atoms with E-state index in [4.69, 9.17) is 9.47 Å². The highest BCUT2D eigenvalue weighted by Gasteiger charge is 2.20. The van der Waals surface area contributed by atoms with Crippen molar-refractivity contribution in [3.8, 4) is 22.8 Å². The Morgan fingerprint density at radius 3 is 2.58 bits per heavy atom. The lowest BCUT2D eigenvalue weighted by molar-refractivity contribution is -0.119. The number of carbonyl (C=O) groups excluding carboxylic acids is 1. The number of ether oxygens (including phenoxy) is 2. The van der Waals surface area contributed by atoms with Crippen LogP contribution >= 0.6 is 0 Å². The number of fused-ring (bicyclic) bond motifs is 1. The summed E-state index contributed by atoms with van der Waals surface area (Å²) in [5, 5.41) is 4.43. The Morgan fingerprint density at radius 1 is 0.939 bits per heavy atom. The summed E-state index contributed by atoms with van der Waals surface area (Å²) < 4.78 is 11.9. The van der Waals surface area contributed by atoms with E-state index in [1.54, 1.807) is 41.4 Å². The molecule has 8 nitrogen and oxygen atoms in total. The third-order valence-electron chi connectivity index (χ3n) is 5.23. The Hall–Kier alpha value is -4.46. The number of rotatable bonds is 6. The molecule has 0 N–H and O–H groups in total. The van der Waals surface area contributed by atoms with Crippen LogP contribution in [0.5, 0.6) is 11.5 Å². The van der Waals surface area contributed by atoms with Gasteiger partial charge < -0.3 is 9.47 Å². The van der Waals surface area contributed by atoms with Crippen molar-refractivity contribution >= 4 is 11.7 Å². The van der Waals surface area contributed by atoms with Crippen molar-refractivity contribution in [2.45, 2.75) is 13.1 Å². The highest BCUT2D eigenvalue weighted by atomic mass is 16.7. The van der Waals surface area contributed by atoms with Gasteiger partial charge in [-0.15, -0.1) is 0 Å². The number of anilines is 1. The fourth-order valence-electron chi connectivity index (χ4n) is 3.56. The largest absolute Gasteiger partial charge is 0.454 e. The molecule has 4 aromatic rings. The molecule has 0 aliphatic carbocycles. The SMILES string of the molecule is O=C(Cn1nc(-c2ccc3c(c2)OCO3)ccc1=O)N(Cc1ccccc1)c1ccccn1. The van der Waals surface area contributed by atoms with E-state index in [0.29, 0.717) is 29.6 Å². The molecule has 0 fully saturated rings. The zero-order valence-electron chi connectivity index (χ0n) is 17.6. The number of aromatic nitrogens is 3. The van der Waals surface area contributed by atoms with E-state index < -0.39 is 0 Å². The average molecular weight is 440 g/mol. The van der Waals surface area contributed by atoms with Gasteiger partial charge in [-0.3, -0.25) is 14.5 Å². The number of pyridine rings is 1. The lowest BCUT2D eigenvalue weighted by atomic mass is 10.1. The summed E-state index contributed by atoms with van der Waals surface area (Å²) in [5.74, 6) is 1.49. The lowest BCUT2D eigenvalue weighted by Gasteiger charge is -2.22. The molecule has 164 valence electrons. The number of hydrogen-bond donors (Lipinski definition) is 0.